The Morgan fingerprint density at radius 3 is 1.58 bits per heavy atom. The van der Waals surface area contributed by atoms with Gasteiger partial charge >= 0.3 is 0 Å². The van der Waals surface area contributed by atoms with Crippen molar-refractivity contribution < 1.29 is 0 Å². The maximum atomic E-state index is 2.39. The summed E-state index contributed by atoms with van der Waals surface area (Å²) in [5, 5.41) is 0. The Labute approximate surface area is 188 Å². The number of hydrogen-bond donors (Lipinski definition) is 0. The van der Waals surface area contributed by atoms with E-state index >= 15 is 0 Å². The monoisotopic (exact) mass is 406 g/mol. The molecule has 0 saturated carbocycles. The highest BCUT2D eigenvalue weighted by Crippen LogP contribution is 2.51. The van der Waals surface area contributed by atoms with Crippen LogP contribution in [-0.2, 0) is 5.41 Å². The minimum Gasteiger partial charge on any atom is -0.0801 e. The fourth-order valence-electron chi connectivity index (χ4n) is 5.23. The molecule has 1 atom stereocenters. The van der Waals surface area contributed by atoms with Gasteiger partial charge in [0.1, 0.15) is 0 Å². The Balaban J connectivity index is 2.17. The van der Waals surface area contributed by atoms with Gasteiger partial charge in [-0.15, -0.1) is 0 Å². The van der Waals surface area contributed by atoms with Gasteiger partial charge < -0.3 is 0 Å². The van der Waals surface area contributed by atoms with Gasteiger partial charge in [-0.2, -0.15) is 0 Å². The van der Waals surface area contributed by atoms with E-state index in [4.69, 9.17) is 0 Å². The summed E-state index contributed by atoms with van der Waals surface area (Å²) in [7, 11) is 0. The van der Waals surface area contributed by atoms with Crippen LogP contribution >= 0.6 is 0 Å². The predicted octanol–water partition coefficient (Wildman–Crippen LogP) is 8.25. The summed E-state index contributed by atoms with van der Waals surface area (Å²) in [4.78, 5) is 0. The molecule has 3 aromatic carbocycles. The number of aryl methyl sites for hydroxylation is 3. The zero-order valence-corrected chi connectivity index (χ0v) is 19.6. The molecule has 31 heavy (non-hydrogen) atoms. The first kappa shape index (κ1) is 21.4. The second kappa shape index (κ2) is 8.71. The van der Waals surface area contributed by atoms with E-state index in [1.807, 2.05) is 0 Å². The quantitative estimate of drug-likeness (QED) is 0.361. The van der Waals surface area contributed by atoms with E-state index < -0.39 is 0 Å². The Hall–Kier alpha value is -2.86. The minimum absolute atomic E-state index is 0.299. The summed E-state index contributed by atoms with van der Waals surface area (Å²) >= 11 is 0. The van der Waals surface area contributed by atoms with Gasteiger partial charge in [0.2, 0.25) is 0 Å². The third kappa shape index (κ3) is 3.81. The standard InChI is InChI=1S/C31H34/c1-6-25(5)29-17-10-18-30(29)31(26-14-7-11-22(2)19-26,27-15-8-12-23(3)20-27)28-16-9-13-24(4)21-28/h7-17,19-21,25H,6,18H2,1-5H3. The van der Waals surface area contributed by atoms with Crippen molar-refractivity contribution in [3.8, 4) is 0 Å². The molecule has 1 aliphatic carbocycles. The predicted molar refractivity (Wildman–Crippen MR) is 134 cm³/mol. The zero-order chi connectivity index (χ0) is 22.0. The molecule has 0 N–H and O–H groups in total. The molecule has 1 unspecified atom stereocenters. The van der Waals surface area contributed by atoms with Gasteiger partial charge in [-0.05, 0) is 67.4 Å². The van der Waals surface area contributed by atoms with Crippen LogP contribution in [0.25, 0.3) is 0 Å². The lowest BCUT2D eigenvalue weighted by Crippen LogP contribution is -2.33. The second-order valence-electron chi connectivity index (χ2n) is 9.21. The molecule has 0 fully saturated rings. The van der Waals surface area contributed by atoms with Crippen LogP contribution in [0.15, 0.2) is 96.1 Å². The van der Waals surface area contributed by atoms with Crippen molar-refractivity contribution >= 4 is 0 Å². The average molecular weight is 407 g/mol. The van der Waals surface area contributed by atoms with Crippen LogP contribution in [-0.4, -0.2) is 0 Å². The van der Waals surface area contributed by atoms with Crippen molar-refractivity contribution in [1.82, 2.24) is 0 Å². The molecule has 158 valence electrons. The Morgan fingerprint density at radius 1 is 0.742 bits per heavy atom. The second-order valence-corrected chi connectivity index (χ2v) is 9.21. The molecule has 0 nitrogen and oxygen atoms in total. The van der Waals surface area contributed by atoms with E-state index in [1.54, 1.807) is 0 Å². The molecule has 1 aliphatic rings. The molecule has 0 saturated heterocycles. The van der Waals surface area contributed by atoms with Crippen molar-refractivity contribution in [2.24, 2.45) is 5.92 Å². The van der Waals surface area contributed by atoms with Crippen molar-refractivity contribution in [1.29, 1.82) is 0 Å². The normalized spacial score (nSPS) is 14.9. The van der Waals surface area contributed by atoms with Crippen molar-refractivity contribution in [2.45, 2.75) is 52.9 Å². The van der Waals surface area contributed by atoms with E-state index in [2.05, 4.69) is 120 Å². The van der Waals surface area contributed by atoms with Gasteiger partial charge in [0.15, 0.2) is 0 Å². The van der Waals surface area contributed by atoms with Crippen LogP contribution in [0.2, 0.25) is 0 Å². The third-order valence-electron chi connectivity index (χ3n) is 6.92. The maximum Gasteiger partial charge on any atom is 0.0670 e. The van der Waals surface area contributed by atoms with Gasteiger partial charge in [0, 0.05) is 0 Å². The molecule has 0 aromatic heterocycles. The fraction of sp³-hybridized carbons (Fsp3) is 0.290. The van der Waals surface area contributed by atoms with Gasteiger partial charge in [-0.3, -0.25) is 0 Å². The van der Waals surface area contributed by atoms with Crippen molar-refractivity contribution in [3.05, 3.63) is 129 Å². The molecule has 0 radical (unpaired) electrons. The lowest BCUT2D eigenvalue weighted by Gasteiger charge is -2.40. The molecule has 0 bridgehead atoms. The van der Waals surface area contributed by atoms with Crippen molar-refractivity contribution in [3.63, 3.8) is 0 Å². The number of rotatable bonds is 6. The van der Waals surface area contributed by atoms with Gasteiger partial charge in [0.05, 0.1) is 5.41 Å². The molecule has 0 spiro atoms. The average Bonchev–Trinajstić information content (AvgIpc) is 3.24. The molecule has 0 heteroatoms. The van der Waals surface area contributed by atoms with Gasteiger partial charge in [0.25, 0.3) is 0 Å². The van der Waals surface area contributed by atoms with Crippen LogP contribution in [0.1, 0.15) is 60.1 Å². The number of allylic oxidation sites excluding steroid dienone is 4. The summed E-state index contributed by atoms with van der Waals surface area (Å²) < 4.78 is 0. The highest BCUT2D eigenvalue weighted by atomic mass is 14.4. The molecule has 4 rings (SSSR count). The molecule has 0 aliphatic heterocycles. The zero-order valence-electron chi connectivity index (χ0n) is 19.6. The molecule has 0 amide bonds. The molecule has 0 heterocycles. The first-order valence-electron chi connectivity index (χ1n) is 11.6. The Morgan fingerprint density at radius 2 is 1.19 bits per heavy atom. The highest BCUT2D eigenvalue weighted by molar-refractivity contribution is 5.63. The van der Waals surface area contributed by atoms with E-state index in [1.165, 1.54) is 44.5 Å². The number of benzene rings is 3. The summed E-state index contributed by atoms with van der Waals surface area (Å²) in [5.41, 5.74) is 10.7. The largest absolute Gasteiger partial charge is 0.0801 e. The summed E-state index contributed by atoms with van der Waals surface area (Å²) in [6, 6.07) is 27.4. The van der Waals surface area contributed by atoms with Crippen LogP contribution in [0, 0.1) is 26.7 Å². The first-order valence-corrected chi connectivity index (χ1v) is 11.6. The van der Waals surface area contributed by atoms with Crippen LogP contribution < -0.4 is 0 Å². The summed E-state index contributed by atoms with van der Waals surface area (Å²) in [6.45, 7) is 11.3. The topological polar surface area (TPSA) is 0 Å². The van der Waals surface area contributed by atoms with E-state index in [9.17, 15) is 0 Å². The van der Waals surface area contributed by atoms with E-state index in [-0.39, 0.29) is 5.41 Å². The minimum atomic E-state index is -0.299. The summed E-state index contributed by atoms with van der Waals surface area (Å²) in [5.74, 6) is 0.535. The van der Waals surface area contributed by atoms with E-state index in [0.717, 1.165) is 12.8 Å². The first-order chi connectivity index (χ1) is 15.0. The molecular formula is C31H34. The highest BCUT2D eigenvalue weighted by Gasteiger charge is 2.42. The van der Waals surface area contributed by atoms with Gasteiger partial charge in [-0.25, -0.2) is 0 Å². The SMILES string of the molecule is CCC(C)C1=C(C(c2cccc(C)c2)(c2cccc(C)c2)c2cccc(C)c2)CC=C1. The van der Waals surface area contributed by atoms with Crippen LogP contribution in [0.4, 0.5) is 0 Å². The maximum absolute atomic E-state index is 2.39. The number of hydrogen-bond acceptors (Lipinski definition) is 0. The van der Waals surface area contributed by atoms with Crippen LogP contribution in [0.5, 0.6) is 0 Å². The van der Waals surface area contributed by atoms with Crippen molar-refractivity contribution in [2.75, 3.05) is 0 Å². The molecule has 3 aromatic rings. The summed E-state index contributed by atoms with van der Waals surface area (Å²) in [6.07, 6.45) is 6.90. The lowest BCUT2D eigenvalue weighted by molar-refractivity contribution is 0.630. The smallest absolute Gasteiger partial charge is 0.0670 e. The fourth-order valence-corrected chi connectivity index (χ4v) is 5.23. The van der Waals surface area contributed by atoms with E-state index in [0.29, 0.717) is 5.92 Å². The molecular weight excluding hydrogens is 372 g/mol. The third-order valence-corrected chi connectivity index (χ3v) is 6.92. The Bertz CT molecular complexity index is 1030. The Kier molecular flexibility index (Phi) is 6.01. The van der Waals surface area contributed by atoms with Crippen LogP contribution in [0.3, 0.4) is 0 Å². The lowest BCUT2D eigenvalue weighted by atomic mass is 9.62. The van der Waals surface area contributed by atoms with Gasteiger partial charge in [-0.1, -0.05) is 115 Å².